The smallest absolute Gasteiger partial charge is 0.284 e. The normalized spacial score (nSPS) is 14.8. The number of anilines is 1. The van der Waals surface area contributed by atoms with E-state index in [1.807, 2.05) is 11.5 Å². The molecule has 0 saturated carbocycles. The van der Waals surface area contributed by atoms with E-state index in [9.17, 15) is 10.1 Å². The van der Waals surface area contributed by atoms with Gasteiger partial charge in [0.25, 0.3) is 5.69 Å². The number of nitro groups is 1. The van der Waals surface area contributed by atoms with Crippen LogP contribution in [0.1, 0.15) is 6.92 Å². The maximum absolute atomic E-state index is 11.3. The molecule has 1 aromatic carbocycles. The van der Waals surface area contributed by atoms with Gasteiger partial charge in [-0.25, -0.2) is 0 Å². The summed E-state index contributed by atoms with van der Waals surface area (Å²) >= 11 is 4.53. The first kappa shape index (κ1) is 17.2. The van der Waals surface area contributed by atoms with E-state index >= 15 is 0 Å². The monoisotopic (exact) mass is 413 g/mol. The summed E-state index contributed by atoms with van der Waals surface area (Å²) in [6.45, 7) is 5.55. The van der Waals surface area contributed by atoms with Crippen LogP contribution >= 0.6 is 27.7 Å². The Balaban J connectivity index is 1.91. The summed E-state index contributed by atoms with van der Waals surface area (Å²) in [7, 11) is 0. The summed E-state index contributed by atoms with van der Waals surface area (Å²) in [6, 6.07) is 5.00. The highest BCUT2D eigenvalue weighted by Gasteiger charge is 2.22. The molecule has 2 heterocycles. The van der Waals surface area contributed by atoms with E-state index in [2.05, 4.69) is 31.0 Å². The predicted molar refractivity (Wildman–Crippen MR) is 93.6 cm³/mol. The van der Waals surface area contributed by atoms with Gasteiger partial charge in [0.15, 0.2) is 5.16 Å². The first-order valence-corrected chi connectivity index (χ1v) is 9.08. The Morgan fingerprint density at radius 3 is 2.79 bits per heavy atom. The van der Waals surface area contributed by atoms with E-state index in [4.69, 9.17) is 4.74 Å². The zero-order valence-electron chi connectivity index (χ0n) is 13.0. The van der Waals surface area contributed by atoms with Crippen LogP contribution in [-0.2, 0) is 11.3 Å². The number of rotatable bonds is 5. The summed E-state index contributed by atoms with van der Waals surface area (Å²) < 4.78 is 8.01. The molecule has 0 aliphatic carbocycles. The molecule has 1 aliphatic heterocycles. The van der Waals surface area contributed by atoms with Gasteiger partial charge < -0.3 is 9.64 Å². The lowest BCUT2D eigenvalue weighted by Gasteiger charge is -2.27. The van der Waals surface area contributed by atoms with Crippen molar-refractivity contribution >= 4 is 39.3 Å². The third kappa shape index (κ3) is 3.55. The molecule has 1 aromatic heterocycles. The van der Waals surface area contributed by atoms with Crippen LogP contribution in [0.25, 0.3) is 0 Å². The molecule has 10 heteroatoms. The van der Waals surface area contributed by atoms with Crippen LogP contribution < -0.4 is 4.90 Å². The third-order valence-electron chi connectivity index (χ3n) is 3.63. The van der Waals surface area contributed by atoms with Crippen molar-refractivity contribution in [2.75, 3.05) is 31.2 Å². The minimum atomic E-state index is -0.386. The summed E-state index contributed by atoms with van der Waals surface area (Å²) in [6.07, 6.45) is 0. The second kappa shape index (κ2) is 7.49. The fourth-order valence-corrected chi connectivity index (χ4v) is 3.77. The Morgan fingerprint density at radius 1 is 1.38 bits per heavy atom. The molecule has 24 heavy (non-hydrogen) atoms. The summed E-state index contributed by atoms with van der Waals surface area (Å²) in [5.41, 5.74) is 0.0490. The van der Waals surface area contributed by atoms with Crippen LogP contribution in [0.2, 0.25) is 0 Å². The zero-order chi connectivity index (χ0) is 17.1. The minimum absolute atomic E-state index is 0.0490. The van der Waals surface area contributed by atoms with E-state index in [1.165, 1.54) is 17.8 Å². The van der Waals surface area contributed by atoms with E-state index in [1.54, 1.807) is 12.1 Å². The van der Waals surface area contributed by atoms with E-state index in [0.717, 1.165) is 19.0 Å². The Morgan fingerprint density at radius 2 is 2.12 bits per heavy atom. The average Bonchev–Trinajstić information content (AvgIpc) is 2.99. The number of nitro benzene ring substituents is 1. The molecule has 0 atom stereocenters. The molecule has 8 nitrogen and oxygen atoms in total. The number of aromatic nitrogens is 3. The van der Waals surface area contributed by atoms with E-state index < -0.39 is 0 Å². The molecule has 1 saturated heterocycles. The highest BCUT2D eigenvalue weighted by molar-refractivity contribution is 9.10. The van der Waals surface area contributed by atoms with Crippen LogP contribution in [0, 0.1) is 10.1 Å². The molecular weight excluding hydrogens is 398 g/mol. The fraction of sp³-hybridized carbons (Fsp3) is 0.429. The van der Waals surface area contributed by atoms with Gasteiger partial charge in [-0.15, -0.1) is 10.2 Å². The van der Waals surface area contributed by atoms with Crippen molar-refractivity contribution in [2.45, 2.75) is 23.5 Å². The number of hydrogen-bond donors (Lipinski definition) is 0. The van der Waals surface area contributed by atoms with Crippen molar-refractivity contribution in [3.63, 3.8) is 0 Å². The van der Waals surface area contributed by atoms with Gasteiger partial charge in [-0.3, -0.25) is 14.7 Å². The Hall–Kier alpha value is -1.65. The van der Waals surface area contributed by atoms with Gasteiger partial charge in [-0.1, -0.05) is 15.9 Å². The second-order valence-electron chi connectivity index (χ2n) is 5.10. The van der Waals surface area contributed by atoms with Gasteiger partial charge in [0.1, 0.15) is 0 Å². The van der Waals surface area contributed by atoms with E-state index in [0.29, 0.717) is 34.3 Å². The molecule has 2 aromatic rings. The van der Waals surface area contributed by atoms with Crippen LogP contribution in [0.15, 0.2) is 32.7 Å². The van der Waals surface area contributed by atoms with Gasteiger partial charge in [-0.05, 0) is 30.8 Å². The maximum Gasteiger partial charge on any atom is 0.284 e. The second-order valence-corrected chi connectivity index (χ2v) is 7.02. The topological polar surface area (TPSA) is 86.3 Å². The largest absolute Gasteiger partial charge is 0.378 e. The highest BCUT2D eigenvalue weighted by Crippen LogP contribution is 2.36. The number of ether oxygens (including phenoxy) is 1. The number of benzene rings is 1. The van der Waals surface area contributed by atoms with Gasteiger partial charge in [0.05, 0.1) is 23.0 Å². The van der Waals surface area contributed by atoms with Gasteiger partial charge in [0.2, 0.25) is 5.95 Å². The van der Waals surface area contributed by atoms with Crippen molar-refractivity contribution in [1.29, 1.82) is 0 Å². The molecule has 1 aliphatic rings. The first-order chi connectivity index (χ1) is 11.6. The molecule has 128 valence electrons. The minimum Gasteiger partial charge on any atom is -0.378 e. The van der Waals surface area contributed by atoms with E-state index in [-0.39, 0.29) is 10.6 Å². The molecule has 3 rings (SSSR count). The lowest BCUT2D eigenvalue weighted by atomic mass is 10.3. The molecule has 0 N–H and O–H groups in total. The molecule has 0 bridgehead atoms. The summed E-state index contributed by atoms with van der Waals surface area (Å²) in [5, 5.41) is 20.4. The summed E-state index contributed by atoms with van der Waals surface area (Å²) in [5.74, 6) is 0.781. The van der Waals surface area contributed by atoms with Gasteiger partial charge in [-0.2, -0.15) is 0 Å². The molecule has 1 fully saturated rings. The van der Waals surface area contributed by atoms with Crippen LogP contribution in [0.4, 0.5) is 11.6 Å². The summed E-state index contributed by atoms with van der Waals surface area (Å²) in [4.78, 5) is 13.6. The zero-order valence-corrected chi connectivity index (χ0v) is 15.4. The number of halogens is 1. The lowest BCUT2D eigenvalue weighted by Crippen LogP contribution is -2.38. The molecule has 0 unspecified atom stereocenters. The van der Waals surface area contributed by atoms with Crippen molar-refractivity contribution in [2.24, 2.45) is 0 Å². The Kier molecular flexibility index (Phi) is 5.36. The van der Waals surface area contributed by atoms with Crippen molar-refractivity contribution in [3.05, 3.63) is 32.8 Å². The van der Waals surface area contributed by atoms with Crippen LogP contribution in [0.5, 0.6) is 0 Å². The standard InChI is InChI=1S/C14H16BrN5O3S/c1-2-19-13(18-5-7-23-8-6-18)16-17-14(19)24-12-4-3-10(15)9-11(12)20(21)22/h3-4,9H,2,5-8H2,1H3. The molecule has 0 radical (unpaired) electrons. The first-order valence-electron chi connectivity index (χ1n) is 7.48. The fourth-order valence-electron chi connectivity index (χ4n) is 2.45. The number of hydrogen-bond acceptors (Lipinski definition) is 7. The van der Waals surface area contributed by atoms with Gasteiger partial charge in [0, 0.05) is 30.2 Å². The van der Waals surface area contributed by atoms with Crippen molar-refractivity contribution in [3.8, 4) is 0 Å². The van der Waals surface area contributed by atoms with Crippen LogP contribution in [-0.4, -0.2) is 46.0 Å². The van der Waals surface area contributed by atoms with Crippen molar-refractivity contribution in [1.82, 2.24) is 14.8 Å². The number of nitrogens with zero attached hydrogens (tertiary/aromatic N) is 5. The van der Waals surface area contributed by atoms with Crippen LogP contribution in [0.3, 0.4) is 0 Å². The molecule has 0 spiro atoms. The predicted octanol–water partition coefficient (Wildman–Crippen LogP) is 2.96. The molecule has 0 amide bonds. The Bertz CT molecular complexity index is 748. The van der Waals surface area contributed by atoms with Gasteiger partial charge >= 0.3 is 0 Å². The quantitative estimate of drug-likeness (QED) is 0.549. The maximum atomic E-state index is 11.3. The lowest BCUT2D eigenvalue weighted by molar-refractivity contribution is -0.387. The third-order valence-corrected chi connectivity index (χ3v) is 5.17. The highest BCUT2D eigenvalue weighted by atomic mass is 79.9. The average molecular weight is 414 g/mol. The SMILES string of the molecule is CCn1c(Sc2ccc(Br)cc2[N+](=O)[O-])nnc1N1CCOCC1. The number of morpholine rings is 1. The van der Waals surface area contributed by atoms with Crippen molar-refractivity contribution < 1.29 is 9.66 Å². The molecular formula is C14H16BrN5O3S. The Labute approximate surface area is 151 Å².